The smallest absolute Gasteiger partial charge is 0.0761 e. The Kier molecular flexibility index (Phi) is 3.46. The van der Waals surface area contributed by atoms with Gasteiger partial charge in [-0.1, -0.05) is 12.1 Å². The van der Waals surface area contributed by atoms with Crippen LogP contribution in [0.1, 0.15) is 25.0 Å². The van der Waals surface area contributed by atoms with E-state index in [0.717, 1.165) is 25.2 Å². The summed E-state index contributed by atoms with van der Waals surface area (Å²) in [6.45, 7) is 3.46. The molecule has 1 aromatic rings. The van der Waals surface area contributed by atoms with Crippen LogP contribution in [0.2, 0.25) is 0 Å². The molecule has 2 rings (SSSR count). The van der Waals surface area contributed by atoms with Gasteiger partial charge in [0.1, 0.15) is 0 Å². The lowest BCUT2D eigenvalue weighted by Crippen LogP contribution is -2.31. The zero-order valence-corrected chi connectivity index (χ0v) is 9.89. The Morgan fingerprint density at radius 2 is 2.06 bits per heavy atom. The molecule has 1 saturated heterocycles. The van der Waals surface area contributed by atoms with E-state index in [9.17, 15) is 5.11 Å². The fourth-order valence-electron chi connectivity index (χ4n) is 2.03. The highest BCUT2D eigenvalue weighted by molar-refractivity contribution is 5.48. The van der Waals surface area contributed by atoms with Crippen molar-refractivity contribution in [3.63, 3.8) is 0 Å². The first-order valence-corrected chi connectivity index (χ1v) is 5.77. The summed E-state index contributed by atoms with van der Waals surface area (Å²) in [6.07, 6.45) is 0.698. The predicted molar refractivity (Wildman–Crippen MR) is 64.7 cm³/mol. The molecule has 0 spiro atoms. The van der Waals surface area contributed by atoms with Crippen molar-refractivity contribution in [3.8, 4) is 0 Å². The van der Waals surface area contributed by atoms with Crippen LogP contribution in [0.4, 0.5) is 5.69 Å². The molecular weight excluding hydrogens is 202 g/mol. The Hall–Kier alpha value is -1.06. The lowest BCUT2D eigenvalue weighted by Gasteiger charge is -2.25. The molecule has 2 atom stereocenters. The Morgan fingerprint density at radius 3 is 2.56 bits per heavy atom. The number of nitrogens with zero attached hydrogens (tertiary/aromatic N) is 1. The molecule has 0 aliphatic carbocycles. The van der Waals surface area contributed by atoms with E-state index in [4.69, 9.17) is 4.74 Å². The minimum absolute atomic E-state index is 0.394. The average Bonchev–Trinajstić information content (AvgIpc) is 2.81. The molecule has 0 saturated carbocycles. The summed E-state index contributed by atoms with van der Waals surface area (Å²) in [7, 11) is 2.09. The van der Waals surface area contributed by atoms with Crippen LogP contribution in [0.5, 0.6) is 0 Å². The second-order valence-corrected chi connectivity index (χ2v) is 4.40. The first-order chi connectivity index (χ1) is 7.68. The molecule has 1 aliphatic rings. The van der Waals surface area contributed by atoms with Crippen LogP contribution in [0.15, 0.2) is 24.3 Å². The monoisotopic (exact) mass is 221 g/mol. The number of benzene rings is 1. The summed E-state index contributed by atoms with van der Waals surface area (Å²) in [5, 5.41) is 9.43. The summed E-state index contributed by atoms with van der Waals surface area (Å²) < 4.78 is 5.38. The third-order valence-electron chi connectivity index (χ3n) is 3.24. The SMILES string of the molecule is C[C@H](O)c1ccc(N(C)C2CCOC2)cc1. The quantitative estimate of drug-likeness (QED) is 0.847. The summed E-state index contributed by atoms with van der Waals surface area (Å²) in [5.41, 5.74) is 2.14. The number of ether oxygens (including phenoxy) is 1. The molecule has 1 aliphatic heterocycles. The molecule has 0 aromatic heterocycles. The van der Waals surface area contributed by atoms with E-state index in [0.29, 0.717) is 6.04 Å². The van der Waals surface area contributed by atoms with Gasteiger partial charge in [0, 0.05) is 19.3 Å². The zero-order chi connectivity index (χ0) is 11.5. The number of likely N-dealkylation sites (N-methyl/N-ethyl adjacent to an activating group) is 1. The van der Waals surface area contributed by atoms with Gasteiger partial charge in [-0.15, -0.1) is 0 Å². The number of rotatable bonds is 3. The Bertz CT molecular complexity index is 328. The summed E-state index contributed by atoms with van der Waals surface area (Å²) in [6, 6.07) is 8.55. The van der Waals surface area contributed by atoms with E-state index in [1.54, 1.807) is 6.92 Å². The van der Waals surface area contributed by atoms with Crippen LogP contribution < -0.4 is 4.90 Å². The molecule has 1 heterocycles. The first kappa shape index (κ1) is 11.4. The zero-order valence-electron chi connectivity index (χ0n) is 9.89. The number of aliphatic hydroxyl groups excluding tert-OH is 1. The number of anilines is 1. The second kappa shape index (κ2) is 4.85. The van der Waals surface area contributed by atoms with Gasteiger partial charge in [0.15, 0.2) is 0 Å². The predicted octanol–water partition coefficient (Wildman–Crippen LogP) is 1.97. The third kappa shape index (κ3) is 2.36. The Labute approximate surface area is 96.6 Å². The maximum Gasteiger partial charge on any atom is 0.0761 e. The first-order valence-electron chi connectivity index (χ1n) is 5.77. The Morgan fingerprint density at radius 1 is 1.38 bits per heavy atom. The molecule has 3 nitrogen and oxygen atoms in total. The van der Waals surface area contributed by atoms with E-state index in [1.165, 1.54) is 5.69 Å². The van der Waals surface area contributed by atoms with Gasteiger partial charge in [-0.25, -0.2) is 0 Å². The van der Waals surface area contributed by atoms with Gasteiger partial charge < -0.3 is 14.7 Å². The van der Waals surface area contributed by atoms with Crippen LogP contribution >= 0.6 is 0 Å². The molecule has 0 bridgehead atoms. The van der Waals surface area contributed by atoms with Gasteiger partial charge in [-0.2, -0.15) is 0 Å². The van der Waals surface area contributed by atoms with E-state index in [1.807, 2.05) is 12.1 Å². The molecule has 1 fully saturated rings. The third-order valence-corrected chi connectivity index (χ3v) is 3.24. The maximum absolute atomic E-state index is 9.43. The van der Waals surface area contributed by atoms with Gasteiger partial charge >= 0.3 is 0 Å². The fourth-order valence-corrected chi connectivity index (χ4v) is 2.03. The van der Waals surface area contributed by atoms with E-state index >= 15 is 0 Å². The standard InChI is InChI=1S/C13H19NO2/c1-10(15)11-3-5-12(6-4-11)14(2)13-7-8-16-9-13/h3-6,10,13,15H,7-9H2,1-2H3/t10-,13?/m0/s1. The molecule has 16 heavy (non-hydrogen) atoms. The fraction of sp³-hybridized carbons (Fsp3) is 0.538. The van der Waals surface area contributed by atoms with Crippen LogP contribution in [0, 0.1) is 0 Å². The highest BCUT2D eigenvalue weighted by atomic mass is 16.5. The summed E-state index contributed by atoms with van der Waals surface area (Å²) in [4.78, 5) is 2.25. The largest absolute Gasteiger partial charge is 0.389 e. The lowest BCUT2D eigenvalue weighted by atomic mass is 10.1. The van der Waals surface area contributed by atoms with Crippen molar-refractivity contribution in [2.45, 2.75) is 25.5 Å². The highest BCUT2D eigenvalue weighted by Gasteiger charge is 2.20. The molecule has 0 radical (unpaired) electrons. The second-order valence-electron chi connectivity index (χ2n) is 4.40. The van der Waals surface area contributed by atoms with Crippen LogP contribution in [-0.2, 0) is 4.74 Å². The van der Waals surface area contributed by atoms with Crippen LogP contribution in [0.25, 0.3) is 0 Å². The van der Waals surface area contributed by atoms with E-state index in [2.05, 4.69) is 24.1 Å². The van der Waals surface area contributed by atoms with Crippen molar-refractivity contribution in [1.82, 2.24) is 0 Å². The number of hydrogen-bond acceptors (Lipinski definition) is 3. The van der Waals surface area contributed by atoms with Crippen molar-refractivity contribution < 1.29 is 9.84 Å². The molecule has 1 unspecified atom stereocenters. The normalized spacial score (nSPS) is 22.1. The van der Waals surface area contributed by atoms with Gasteiger partial charge in [-0.3, -0.25) is 0 Å². The van der Waals surface area contributed by atoms with Crippen molar-refractivity contribution in [2.24, 2.45) is 0 Å². The molecule has 0 amide bonds. The van der Waals surface area contributed by atoms with Gasteiger partial charge in [0.2, 0.25) is 0 Å². The molecule has 88 valence electrons. The number of aliphatic hydroxyl groups is 1. The van der Waals surface area contributed by atoms with Crippen LogP contribution in [-0.4, -0.2) is 31.4 Å². The highest BCUT2D eigenvalue weighted by Crippen LogP contribution is 2.22. The van der Waals surface area contributed by atoms with Crippen molar-refractivity contribution in [1.29, 1.82) is 0 Å². The van der Waals surface area contributed by atoms with Gasteiger partial charge in [0.05, 0.1) is 18.8 Å². The van der Waals surface area contributed by atoms with Crippen molar-refractivity contribution in [2.75, 3.05) is 25.2 Å². The number of hydrogen-bond donors (Lipinski definition) is 1. The molecule has 3 heteroatoms. The topological polar surface area (TPSA) is 32.7 Å². The van der Waals surface area contributed by atoms with Crippen LogP contribution in [0.3, 0.4) is 0 Å². The van der Waals surface area contributed by atoms with Crippen molar-refractivity contribution >= 4 is 5.69 Å². The Balaban J connectivity index is 2.08. The summed E-state index contributed by atoms with van der Waals surface area (Å²) in [5.74, 6) is 0. The minimum atomic E-state index is -0.394. The molecule has 1 aromatic carbocycles. The lowest BCUT2D eigenvalue weighted by molar-refractivity contribution is 0.193. The van der Waals surface area contributed by atoms with Gasteiger partial charge in [-0.05, 0) is 31.0 Å². The molecule has 1 N–H and O–H groups in total. The summed E-state index contributed by atoms with van der Waals surface area (Å²) >= 11 is 0. The van der Waals surface area contributed by atoms with Gasteiger partial charge in [0.25, 0.3) is 0 Å². The van der Waals surface area contributed by atoms with E-state index in [-0.39, 0.29) is 0 Å². The average molecular weight is 221 g/mol. The minimum Gasteiger partial charge on any atom is -0.389 e. The van der Waals surface area contributed by atoms with Crippen molar-refractivity contribution in [3.05, 3.63) is 29.8 Å². The maximum atomic E-state index is 9.43. The van der Waals surface area contributed by atoms with E-state index < -0.39 is 6.10 Å². The molecular formula is C13H19NO2.